The van der Waals surface area contributed by atoms with Crippen molar-refractivity contribution >= 4 is 5.78 Å². The monoisotopic (exact) mass is 353 g/mol. The van der Waals surface area contributed by atoms with Crippen LogP contribution in [-0.4, -0.2) is 50.1 Å². The summed E-state index contributed by atoms with van der Waals surface area (Å²) in [6.45, 7) is 6.88. The van der Waals surface area contributed by atoms with Gasteiger partial charge in [0.2, 0.25) is 0 Å². The van der Waals surface area contributed by atoms with Crippen molar-refractivity contribution in [1.82, 2.24) is 4.90 Å². The number of benzene rings is 2. The summed E-state index contributed by atoms with van der Waals surface area (Å²) in [5.74, 6) is 1.11. The molecule has 1 saturated heterocycles. The van der Waals surface area contributed by atoms with E-state index in [9.17, 15) is 4.79 Å². The molecule has 0 radical (unpaired) electrons. The zero-order valence-electron chi connectivity index (χ0n) is 15.4. The summed E-state index contributed by atoms with van der Waals surface area (Å²) in [6.07, 6.45) is 1.37. The lowest BCUT2D eigenvalue weighted by molar-refractivity contribution is -0.116. The number of ketones is 1. The smallest absolute Gasteiger partial charge is 0.134 e. The maximum Gasteiger partial charge on any atom is 0.134 e. The Morgan fingerprint density at radius 1 is 1.04 bits per heavy atom. The molecule has 0 spiro atoms. The topological polar surface area (TPSA) is 38.8 Å². The fourth-order valence-electron chi connectivity index (χ4n) is 3.16. The molecule has 138 valence electrons. The van der Waals surface area contributed by atoms with E-state index in [1.54, 1.807) is 6.92 Å². The Bertz CT molecular complexity index is 706. The third kappa shape index (κ3) is 5.97. The van der Waals surface area contributed by atoms with Gasteiger partial charge in [0.05, 0.1) is 13.2 Å². The van der Waals surface area contributed by atoms with Gasteiger partial charge in [-0.3, -0.25) is 9.69 Å². The second-order valence-electron chi connectivity index (χ2n) is 6.82. The highest BCUT2D eigenvalue weighted by Gasteiger charge is 2.09. The number of hydrogen-bond donors (Lipinski definition) is 0. The summed E-state index contributed by atoms with van der Waals surface area (Å²) in [5.41, 5.74) is 3.54. The molecule has 3 rings (SSSR count). The maximum absolute atomic E-state index is 11.2. The highest BCUT2D eigenvalue weighted by molar-refractivity contribution is 5.78. The average molecular weight is 353 g/mol. The molecule has 1 aliphatic rings. The van der Waals surface area contributed by atoms with Gasteiger partial charge in [-0.05, 0) is 42.2 Å². The molecule has 2 aromatic rings. The van der Waals surface area contributed by atoms with Crippen molar-refractivity contribution in [3.05, 3.63) is 65.2 Å². The lowest BCUT2D eigenvalue weighted by atomic mass is 10.0. The van der Waals surface area contributed by atoms with Crippen LogP contribution in [0, 0.1) is 0 Å². The highest BCUT2D eigenvalue weighted by Crippen LogP contribution is 2.17. The van der Waals surface area contributed by atoms with E-state index >= 15 is 0 Å². The molecule has 0 saturated carbocycles. The van der Waals surface area contributed by atoms with Crippen LogP contribution in [0.25, 0.3) is 0 Å². The van der Waals surface area contributed by atoms with Crippen LogP contribution in [0.2, 0.25) is 0 Å². The third-order valence-electron chi connectivity index (χ3n) is 4.56. The molecule has 0 unspecified atom stereocenters. The number of Topliss-reactive ketones (excluding diaryl/α,β-unsaturated/α-hetero) is 1. The molecule has 0 N–H and O–H groups in total. The lowest BCUT2D eigenvalue weighted by Crippen LogP contribution is -2.38. The van der Waals surface area contributed by atoms with Crippen molar-refractivity contribution in [1.29, 1.82) is 0 Å². The van der Waals surface area contributed by atoms with Gasteiger partial charge in [-0.15, -0.1) is 0 Å². The van der Waals surface area contributed by atoms with Gasteiger partial charge in [-0.2, -0.15) is 0 Å². The molecule has 1 aliphatic heterocycles. The van der Waals surface area contributed by atoms with Crippen molar-refractivity contribution in [2.75, 3.05) is 39.5 Å². The van der Waals surface area contributed by atoms with Gasteiger partial charge in [0, 0.05) is 26.1 Å². The summed E-state index contributed by atoms with van der Waals surface area (Å²) in [6, 6.07) is 16.6. The molecule has 26 heavy (non-hydrogen) atoms. The first-order valence-electron chi connectivity index (χ1n) is 9.28. The van der Waals surface area contributed by atoms with Crippen molar-refractivity contribution in [3.63, 3.8) is 0 Å². The summed E-state index contributed by atoms with van der Waals surface area (Å²) in [7, 11) is 0. The predicted molar refractivity (Wildman–Crippen MR) is 103 cm³/mol. The van der Waals surface area contributed by atoms with Crippen LogP contribution in [0.3, 0.4) is 0 Å². The maximum atomic E-state index is 11.2. The summed E-state index contributed by atoms with van der Waals surface area (Å²) >= 11 is 0. The first-order valence-corrected chi connectivity index (χ1v) is 9.28. The number of hydrogen-bond acceptors (Lipinski definition) is 4. The molecular weight excluding hydrogens is 326 g/mol. The summed E-state index contributed by atoms with van der Waals surface area (Å²) in [5, 5.41) is 0. The van der Waals surface area contributed by atoms with Gasteiger partial charge in [0.15, 0.2) is 0 Å². The van der Waals surface area contributed by atoms with E-state index < -0.39 is 0 Å². The van der Waals surface area contributed by atoms with Gasteiger partial charge in [0.1, 0.15) is 18.1 Å². The number of carbonyl (C=O) groups is 1. The second kappa shape index (κ2) is 9.51. The number of carbonyl (C=O) groups excluding carboxylic acids is 1. The molecule has 0 aliphatic carbocycles. The minimum absolute atomic E-state index is 0.194. The van der Waals surface area contributed by atoms with Crippen molar-refractivity contribution in [3.8, 4) is 5.75 Å². The fourth-order valence-corrected chi connectivity index (χ4v) is 3.16. The molecule has 0 amide bonds. The fraction of sp³-hybridized carbons (Fsp3) is 0.409. The number of nitrogens with zero attached hydrogens (tertiary/aromatic N) is 1. The molecule has 0 aromatic heterocycles. The third-order valence-corrected chi connectivity index (χ3v) is 4.56. The minimum atomic E-state index is 0.194. The van der Waals surface area contributed by atoms with Gasteiger partial charge in [-0.1, -0.05) is 36.4 Å². The Kier molecular flexibility index (Phi) is 6.81. The first-order chi connectivity index (χ1) is 12.7. The van der Waals surface area contributed by atoms with Gasteiger partial charge >= 0.3 is 0 Å². The minimum Gasteiger partial charge on any atom is -0.492 e. The largest absolute Gasteiger partial charge is 0.492 e. The first kappa shape index (κ1) is 18.6. The van der Waals surface area contributed by atoms with Crippen LogP contribution in [0.5, 0.6) is 5.75 Å². The van der Waals surface area contributed by atoms with Crippen LogP contribution in [-0.2, 0) is 22.4 Å². The zero-order chi connectivity index (χ0) is 18.2. The Morgan fingerprint density at radius 2 is 1.77 bits per heavy atom. The normalized spacial score (nSPS) is 15.0. The molecule has 1 fully saturated rings. The predicted octanol–water partition coefficient (Wildman–Crippen LogP) is 3.12. The molecule has 4 heteroatoms. The Hall–Kier alpha value is -2.17. The highest BCUT2D eigenvalue weighted by atomic mass is 16.5. The number of ether oxygens (including phenoxy) is 2. The van der Waals surface area contributed by atoms with E-state index in [1.807, 2.05) is 24.3 Å². The zero-order valence-corrected chi connectivity index (χ0v) is 15.4. The van der Waals surface area contributed by atoms with Gasteiger partial charge in [0.25, 0.3) is 0 Å². The standard InChI is InChI=1S/C22H27NO3/c1-18(24)15-19-5-7-20(8-6-19)16-21-3-2-4-22(17-21)26-14-11-23-9-12-25-13-10-23/h2-8,17H,9-16H2,1H3. The van der Waals surface area contributed by atoms with Crippen LogP contribution in [0.1, 0.15) is 23.6 Å². The Labute approximate surface area is 155 Å². The summed E-state index contributed by atoms with van der Waals surface area (Å²) < 4.78 is 11.3. The molecule has 2 aromatic carbocycles. The van der Waals surface area contributed by atoms with Crippen molar-refractivity contribution < 1.29 is 14.3 Å². The van der Waals surface area contributed by atoms with E-state index in [0.717, 1.165) is 50.6 Å². The van der Waals surface area contributed by atoms with Crippen LogP contribution in [0.4, 0.5) is 0 Å². The molecular formula is C22H27NO3. The Morgan fingerprint density at radius 3 is 2.50 bits per heavy atom. The van der Waals surface area contributed by atoms with Crippen LogP contribution in [0.15, 0.2) is 48.5 Å². The van der Waals surface area contributed by atoms with Crippen molar-refractivity contribution in [2.24, 2.45) is 0 Å². The molecule has 0 bridgehead atoms. The van der Waals surface area contributed by atoms with E-state index in [-0.39, 0.29) is 5.78 Å². The van der Waals surface area contributed by atoms with Gasteiger partial charge in [-0.25, -0.2) is 0 Å². The van der Waals surface area contributed by atoms with Crippen LogP contribution < -0.4 is 4.74 Å². The number of rotatable bonds is 8. The number of morpholine rings is 1. The SMILES string of the molecule is CC(=O)Cc1ccc(Cc2cccc(OCCN3CCOCC3)c2)cc1. The van der Waals surface area contributed by atoms with E-state index in [2.05, 4.69) is 29.2 Å². The molecule has 1 heterocycles. The molecule has 0 atom stereocenters. The lowest BCUT2D eigenvalue weighted by Gasteiger charge is -2.26. The van der Waals surface area contributed by atoms with Crippen molar-refractivity contribution in [2.45, 2.75) is 19.8 Å². The van der Waals surface area contributed by atoms with Gasteiger partial charge < -0.3 is 9.47 Å². The van der Waals surface area contributed by atoms with E-state index in [1.165, 1.54) is 11.1 Å². The Balaban J connectivity index is 1.51. The summed E-state index contributed by atoms with van der Waals surface area (Å²) in [4.78, 5) is 13.6. The second-order valence-corrected chi connectivity index (χ2v) is 6.82. The quantitative estimate of drug-likeness (QED) is 0.731. The van der Waals surface area contributed by atoms with Crippen LogP contribution >= 0.6 is 0 Å². The molecule has 4 nitrogen and oxygen atoms in total. The van der Waals surface area contributed by atoms with E-state index in [0.29, 0.717) is 13.0 Å². The van der Waals surface area contributed by atoms with E-state index in [4.69, 9.17) is 9.47 Å². The average Bonchev–Trinajstić information content (AvgIpc) is 2.64.